The van der Waals surface area contributed by atoms with E-state index in [4.69, 9.17) is 10.2 Å². The molecule has 1 rings (SSSR count). The minimum absolute atomic E-state index is 0.0160. The van der Waals surface area contributed by atoms with Crippen LogP contribution in [0.1, 0.15) is 30.1 Å². The minimum Gasteiger partial charge on any atom is -0.481 e. The Morgan fingerprint density at radius 2 is 1.65 bits per heavy atom. The molecule has 23 heavy (non-hydrogen) atoms. The maximum Gasteiger partial charge on any atom is 0.339 e. The molecular weight excluding hydrogens is 302 g/mol. The Balaban J connectivity index is 0.000000438. The first-order valence-corrected chi connectivity index (χ1v) is 7.06. The molecule has 0 aliphatic carbocycles. The third-order valence-corrected chi connectivity index (χ3v) is 2.59. The van der Waals surface area contributed by atoms with Crippen LogP contribution in [0.4, 0.5) is 0 Å². The Morgan fingerprint density at radius 3 is 2.09 bits per heavy atom. The Morgan fingerprint density at radius 1 is 1.09 bits per heavy atom. The van der Waals surface area contributed by atoms with Crippen LogP contribution in [0.25, 0.3) is 0 Å². The van der Waals surface area contributed by atoms with E-state index in [1.165, 1.54) is 19.1 Å². The zero-order valence-electron chi connectivity index (χ0n) is 13.9. The van der Waals surface area contributed by atoms with Crippen molar-refractivity contribution in [2.45, 2.75) is 19.8 Å². The first-order valence-electron chi connectivity index (χ1n) is 7.06. The molecule has 0 atom stereocenters. The number of aromatic carboxylic acids is 1. The number of carboxylic acids is 2. The maximum atomic E-state index is 10.6. The molecule has 2 N–H and O–H groups in total. The van der Waals surface area contributed by atoms with E-state index in [9.17, 15) is 14.4 Å². The summed E-state index contributed by atoms with van der Waals surface area (Å²) in [6.07, 6.45) is 1.05. The highest BCUT2D eigenvalue weighted by atomic mass is 16.5. The Labute approximate surface area is 135 Å². The summed E-state index contributed by atoms with van der Waals surface area (Å²) in [6.45, 7) is 2.14. The van der Waals surface area contributed by atoms with Gasteiger partial charge in [0.15, 0.2) is 0 Å². The smallest absolute Gasteiger partial charge is 0.339 e. The first-order chi connectivity index (χ1) is 10.5. The molecule has 0 aromatic heterocycles. The number of nitrogens with zero attached hydrogens (tertiary/aromatic N) is 1. The van der Waals surface area contributed by atoms with Gasteiger partial charge in [0.2, 0.25) is 0 Å². The molecule has 128 valence electrons. The largest absolute Gasteiger partial charge is 0.481 e. The minimum atomic E-state index is -1.11. The van der Waals surface area contributed by atoms with Crippen LogP contribution >= 0.6 is 0 Å². The summed E-state index contributed by atoms with van der Waals surface area (Å²) in [5.41, 5.74) is -0.0160. The van der Waals surface area contributed by atoms with Gasteiger partial charge in [0.05, 0.1) is 34.1 Å². The highest BCUT2D eigenvalue weighted by molar-refractivity contribution is 5.91. The van der Waals surface area contributed by atoms with Crippen LogP contribution in [0, 0.1) is 0 Å². The number of hydrogen-bond donors (Lipinski definition) is 2. The number of esters is 1. The number of quaternary nitrogens is 1. The van der Waals surface area contributed by atoms with Gasteiger partial charge in [0, 0.05) is 13.3 Å². The van der Waals surface area contributed by atoms with Crippen LogP contribution in [0.2, 0.25) is 0 Å². The van der Waals surface area contributed by atoms with E-state index in [0.717, 1.165) is 17.4 Å². The third kappa shape index (κ3) is 10.9. The molecule has 0 amide bonds. The van der Waals surface area contributed by atoms with E-state index in [0.29, 0.717) is 0 Å². The number of para-hydroxylation sites is 1. The van der Waals surface area contributed by atoms with Gasteiger partial charge < -0.3 is 19.4 Å². The molecule has 0 fully saturated rings. The summed E-state index contributed by atoms with van der Waals surface area (Å²) < 4.78 is 5.53. The Kier molecular flexibility index (Phi) is 8.57. The highest BCUT2D eigenvalue weighted by Gasteiger charge is 2.11. The molecule has 7 nitrogen and oxygen atoms in total. The quantitative estimate of drug-likeness (QED) is 0.470. The van der Waals surface area contributed by atoms with Crippen LogP contribution in [0.3, 0.4) is 0 Å². The second-order valence-electron chi connectivity index (χ2n) is 5.91. The summed E-state index contributed by atoms with van der Waals surface area (Å²) in [5.74, 6) is -2.28. The van der Waals surface area contributed by atoms with Crippen molar-refractivity contribution < 1.29 is 33.8 Å². The molecule has 0 spiro atoms. The topological polar surface area (TPSA) is 101 Å². The summed E-state index contributed by atoms with van der Waals surface area (Å²) in [4.78, 5) is 31.3. The zero-order chi connectivity index (χ0) is 18.0. The lowest BCUT2D eigenvalue weighted by Gasteiger charge is -2.23. The van der Waals surface area contributed by atoms with Crippen molar-refractivity contribution in [2.24, 2.45) is 0 Å². The van der Waals surface area contributed by atoms with Crippen LogP contribution in [0.15, 0.2) is 24.3 Å². The van der Waals surface area contributed by atoms with E-state index in [2.05, 4.69) is 25.9 Å². The lowest BCUT2D eigenvalue weighted by molar-refractivity contribution is -0.870. The van der Waals surface area contributed by atoms with Gasteiger partial charge in [-0.2, -0.15) is 0 Å². The lowest BCUT2D eigenvalue weighted by atomic mass is 10.2. The summed E-state index contributed by atoms with van der Waals surface area (Å²) in [5, 5.41) is 17.0. The molecule has 7 heteroatoms. The number of ether oxygens (including phenoxy) is 1. The number of carboxylic acid groups (broad SMARTS) is 2. The molecule has 0 heterocycles. The fourth-order valence-electron chi connectivity index (χ4n) is 1.59. The predicted molar refractivity (Wildman–Crippen MR) is 84.5 cm³/mol. The van der Waals surface area contributed by atoms with Crippen LogP contribution in [0.5, 0.6) is 5.75 Å². The number of aliphatic carboxylic acids is 1. The van der Waals surface area contributed by atoms with Crippen molar-refractivity contribution in [3.8, 4) is 5.75 Å². The fourth-order valence-corrected chi connectivity index (χ4v) is 1.59. The predicted octanol–water partition coefficient (Wildman–Crippen LogP) is 1.87. The Hall–Kier alpha value is -2.41. The van der Waals surface area contributed by atoms with Crippen molar-refractivity contribution >= 4 is 17.9 Å². The average molecular weight is 326 g/mol. The second kappa shape index (κ2) is 9.58. The second-order valence-corrected chi connectivity index (χ2v) is 5.91. The maximum absolute atomic E-state index is 10.6. The normalized spacial score (nSPS) is 10.3. The fraction of sp³-hybridized carbons (Fsp3) is 0.438. The van der Waals surface area contributed by atoms with Gasteiger partial charge in [-0.15, -0.1) is 0 Å². The SMILES string of the molecule is CC(=O)Oc1ccccc1C(=O)O.C[N+](C)(C)CCCC(=O)O. The van der Waals surface area contributed by atoms with Gasteiger partial charge in [-0.1, -0.05) is 12.1 Å². The van der Waals surface area contributed by atoms with Gasteiger partial charge in [0.25, 0.3) is 0 Å². The average Bonchev–Trinajstić information content (AvgIpc) is 2.37. The van der Waals surface area contributed by atoms with Gasteiger partial charge in [-0.05, 0) is 12.1 Å². The number of benzene rings is 1. The van der Waals surface area contributed by atoms with Gasteiger partial charge in [-0.25, -0.2) is 4.79 Å². The molecule has 0 bridgehead atoms. The lowest BCUT2D eigenvalue weighted by Crippen LogP contribution is -2.35. The molecule has 1 aromatic rings. The molecule has 1 aromatic carbocycles. The number of rotatable bonds is 6. The van der Waals surface area contributed by atoms with Crippen molar-refractivity contribution in [2.75, 3.05) is 27.7 Å². The molecular formula is C16H24NO6+. The molecule has 0 saturated heterocycles. The summed E-state index contributed by atoms with van der Waals surface area (Å²) in [7, 11) is 6.17. The number of carbonyl (C=O) groups excluding carboxylic acids is 1. The van der Waals surface area contributed by atoms with E-state index < -0.39 is 17.9 Å². The van der Waals surface area contributed by atoms with E-state index >= 15 is 0 Å². The molecule has 0 aliphatic heterocycles. The van der Waals surface area contributed by atoms with Gasteiger partial charge >= 0.3 is 17.9 Å². The zero-order valence-corrected chi connectivity index (χ0v) is 13.9. The van der Waals surface area contributed by atoms with E-state index in [1.807, 2.05) is 0 Å². The van der Waals surface area contributed by atoms with Crippen molar-refractivity contribution in [3.05, 3.63) is 29.8 Å². The molecule has 0 unspecified atom stereocenters. The number of carbonyl (C=O) groups is 3. The van der Waals surface area contributed by atoms with E-state index in [-0.39, 0.29) is 17.7 Å². The molecule has 0 aliphatic rings. The van der Waals surface area contributed by atoms with Crippen molar-refractivity contribution in [3.63, 3.8) is 0 Å². The van der Waals surface area contributed by atoms with Crippen molar-refractivity contribution in [1.29, 1.82) is 0 Å². The Bertz CT molecular complexity index is 548. The summed E-state index contributed by atoms with van der Waals surface area (Å²) in [6, 6.07) is 5.98. The molecule has 0 radical (unpaired) electrons. The van der Waals surface area contributed by atoms with Crippen molar-refractivity contribution in [1.82, 2.24) is 0 Å². The van der Waals surface area contributed by atoms with Gasteiger partial charge in [0.1, 0.15) is 11.3 Å². The van der Waals surface area contributed by atoms with Gasteiger partial charge in [-0.3, -0.25) is 9.59 Å². The third-order valence-electron chi connectivity index (χ3n) is 2.59. The highest BCUT2D eigenvalue weighted by Crippen LogP contribution is 2.17. The van der Waals surface area contributed by atoms with Crippen LogP contribution in [-0.4, -0.2) is 60.3 Å². The summed E-state index contributed by atoms with van der Waals surface area (Å²) >= 11 is 0. The molecule has 0 saturated carbocycles. The number of hydrogen-bond acceptors (Lipinski definition) is 4. The first kappa shape index (κ1) is 20.6. The van der Waals surface area contributed by atoms with Crippen LogP contribution in [-0.2, 0) is 9.59 Å². The van der Waals surface area contributed by atoms with Crippen LogP contribution < -0.4 is 4.74 Å². The van der Waals surface area contributed by atoms with E-state index in [1.54, 1.807) is 12.1 Å². The monoisotopic (exact) mass is 326 g/mol. The standard InChI is InChI=1S/C9H8O4.C7H15NO2/c1-6(10)13-8-5-3-2-4-7(8)9(11)12;1-8(2,3)6-4-5-7(9)10/h2-5H,1H3,(H,11,12);4-6H2,1-3H3/p+1.